The first kappa shape index (κ1) is 15.8. The number of hydrogen-bond donors (Lipinski definition) is 2. The van der Waals surface area contributed by atoms with Crippen LogP contribution in [0.2, 0.25) is 0 Å². The fourth-order valence-electron chi connectivity index (χ4n) is 2.18. The molecule has 1 aliphatic heterocycles. The lowest BCUT2D eigenvalue weighted by molar-refractivity contribution is -0.142. The van der Waals surface area contributed by atoms with Crippen LogP contribution in [0.25, 0.3) is 0 Å². The van der Waals surface area contributed by atoms with E-state index in [1.807, 2.05) is 6.92 Å². The zero-order valence-corrected chi connectivity index (χ0v) is 11.7. The van der Waals surface area contributed by atoms with Crippen molar-refractivity contribution in [3.63, 3.8) is 0 Å². The Morgan fingerprint density at radius 3 is 2.68 bits per heavy atom. The Morgan fingerprint density at radius 1 is 1.37 bits per heavy atom. The van der Waals surface area contributed by atoms with E-state index in [2.05, 4.69) is 12.2 Å². The minimum atomic E-state index is -0.823. The molecule has 1 rings (SSSR count). The Balaban J connectivity index is 2.19. The molecule has 110 valence electrons. The van der Waals surface area contributed by atoms with Gasteiger partial charge in [-0.15, -0.1) is 0 Å². The number of nitrogens with one attached hydrogen (secondary N) is 1. The van der Waals surface area contributed by atoms with E-state index in [0.717, 1.165) is 19.4 Å². The van der Waals surface area contributed by atoms with E-state index >= 15 is 0 Å². The number of aliphatic carboxylic acids is 1. The Hall–Kier alpha value is -1.30. The Labute approximate surface area is 114 Å². The topological polar surface area (TPSA) is 78.9 Å². The summed E-state index contributed by atoms with van der Waals surface area (Å²) >= 11 is 0. The molecule has 6 nitrogen and oxygen atoms in total. The van der Waals surface area contributed by atoms with Crippen molar-refractivity contribution in [3.8, 4) is 0 Å². The highest BCUT2D eigenvalue weighted by molar-refractivity contribution is 5.77. The van der Waals surface area contributed by atoms with Crippen molar-refractivity contribution in [2.75, 3.05) is 32.8 Å². The van der Waals surface area contributed by atoms with Gasteiger partial charge < -0.3 is 20.1 Å². The molecule has 1 heterocycles. The van der Waals surface area contributed by atoms with Crippen molar-refractivity contribution in [3.05, 3.63) is 0 Å². The van der Waals surface area contributed by atoms with Crippen molar-refractivity contribution >= 4 is 12.0 Å². The van der Waals surface area contributed by atoms with Gasteiger partial charge in [-0.2, -0.15) is 0 Å². The molecule has 19 heavy (non-hydrogen) atoms. The van der Waals surface area contributed by atoms with Crippen LogP contribution in [0, 0.1) is 11.8 Å². The smallest absolute Gasteiger partial charge is 0.317 e. The molecule has 2 N–H and O–H groups in total. The molecule has 0 aromatic rings. The highest BCUT2D eigenvalue weighted by atomic mass is 16.5. The molecule has 0 bridgehead atoms. The molecule has 0 aliphatic carbocycles. The maximum absolute atomic E-state index is 11.8. The second-order valence-electron chi connectivity index (χ2n) is 5.02. The number of carbonyl (C=O) groups excluding carboxylic acids is 1. The van der Waals surface area contributed by atoms with Gasteiger partial charge in [0.15, 0.2) is 0 Å². The first-order valence-electron chi connectivity index (χ1n) is 6.89. The average Bonchev–Trinajstić information content (AvgIpc) is 2.75. The van der Waals surface area contributed by atoms with E-state index in [0.29, 0.717) is 26.2 Å². The van der Waals surface area contributed by atoms with Crippen molar-refractivity contribution in [1.29, 1.82) is 0 Å². The Kier molecular flexibility index (Phi) is 6.62. The van der Waals surface area contributed by atoms with Gasteiger partial charge in [-0.05, 0) is 18.8 Å². The van der Waals surface area contributed by atoms with Crippen LogP contribution >= 0.6 is 0 Å². The van der Waals surface area contributed by atoms with E-state index in [-0.39, 0.29) is 11.9 Å². The molecule has 0 spiro atoms. The van der Waals surface area contributed by atoms with Crippen molar-refractivity contribution in [1.82, 2.24) is 10.2 Å². The van der Waals surface area contributed by atoms with Crippen LogP contribution in [-0.2, 0) is 9.53 Å². The first-order valence-corrected chi connectivity index (χ1v) is 6.89. The molecule has 2 unspecified atom stereocenters. The second kappa shape index (κ2) is 7.99. The van der Waals surface area contributed by atoms with Gasteiger partial charge in [-0.1, -0.05) is 13.8 Å². The van der Waals surface area contributed by atoms with Crippen molar-refractivity contribution in [2.45, 2.75) is 26.7 Å². The number of likely N-dealkylation sites (tertiary alicyclic amines) is 1. The summed E-state index contributed by atoms with van der Waals surface area (Å²) in [4.78, 5) is 24.4. The molecule has 2 atom stereocenters. The summed E-state index contributed by atoms with van der Waals surface area (Å²) in [6.45, 7) is 6.68. The van der Waals surface area contributed by atoms with Crippen LogP contribution in [0.5, 0.6) is 0 Å². The number of amides is 2. The SMILES string of the molecule is CCCOCCCNC(=O)N1CC(C)C(C(=O)O)C1. The van der Waals surface area contributed by atoms with E-state index in [1.54, 1.807) is 4.90 Å². The van der Waals surface area contributed by atoms with Gasteiger partial charge in [0.1, 0.15) is 0 Å². The molecule has 1 saturated heterocycles. The molecule has 1 aliphatic rings. The summed E-state index contributed by atoms with van der Waals surface area (Å²) in [6, 6.07) is -0.175. The van der Waals surface area contributed by atoms with Gasteiger partial charge in [0, 0.05) is 32.8 Å². The monoisotopic (exact) mass is 272 g/mol. The molecule has 0 aromatic heterocycles. The number of carboxylic acid groups (broad SMARTS) is 1. The molecule has 0 radical (unpaired) electrons. The fraction of sp³-hybridized carbons (Fsp3) is 0.846. The van der Waals surface area contributed by atoms with Crippen LogP contribution in [0.1, 0.15) is 26.7 Å². The normalized spacial score (nSPS) is 22.5. The largest absolute Gasteiger partial charge is 0.481 e. The van der Waals surface area contributed by atoms with Crippen LogP contribution in [-0.4, -0.2) is 54.9 Å². The molecular weight excluding hydrogens is 248 g/mol. The number of hydrogen-bond acceptors (Lipinski definition) is 3. The minimum absolute atomic E-state index is 0.0103. The number of carbonyl (C=O) groups is 2. The lowest BCUT2D eigenvalue weighted by Gasteiger charge is -2.16. The third kappa shape index (κ3) is 5.06. The maximum Gasteiger partial charge on any atom is 0.317 e. The Bertz CT molecular complexity index is 309. The molecule has 1 fully saturated rings. The highest BCUT2D eigenvalue weighted by Crippen LogP contribution is 2.22. The third-order valence-electron chi connectivity index (χ3n) is 3.31. The van der Waals surface area contributed by atoms with Crippen molar-refractivity contribution < 1.29 is 19.4 Å². The molecule has 0 aromatic carbocycles. The highest BCUT2D eigenvalue weighted by Gasteiger charge is 2.36. The second-order valence-corrected chi connectivity index (χ2v) is 5.02. The van der Waals surface area contributed by atoms with Crippen LogP contribution in [0.4, 0.5) is 4.79 Å². The first-order chi connectivity index (χ1) is 9.06. The summed E-state index contributed by atoms with van der Waals surface area (Å²) < 4.78 is 5.31. The molecule has 2 amide bonds. The summed E-state index contributed by atoms with van der Waals surface area (Å²) in [5.74, 6) is -1.26. The Morgan fingerprint density at radius 2 is 2.11 bits per heavy atom. The number of carboxylic acids is 1. The number of urea groups is 1. The average molecular weight is 272 g/mol. The third-order valence-corrected chi connectivity index (χ3v) is 3.31. The molecular formula is C13H24N2O4. The number of ether oxygens (including phenoxy) is 1. The zero-order valence-electron chi connectivity index (χ0n) is 11.7. The van der Waals surface area contributed by atoms with Crippen LogP contribution in [0.15, 0.2) is 0 Å². The number of nitrogens with zero attached hydrogens (tertiary/aromatic N) is 1. The van der Waals surface area contributed by atoms with E-state index < -0.39 is 11.9 Å². The predicted octanol–water partition coefficient (Wildman–Crippen LogP) is 1.17. The summed E-state index contributed by atoms with van der Waals surface area (Å²) in [5, 5.41) is 11.8. The van der Waals surface area contributed by atoms with E-state index in [9.17, 15) is 9.59 Å². The summed E-state index contributed by atoms with van der Waals surface area (Å²) in [7, 11) is 0. The fourth-order valence-corrected chi connectivity index (χ4v) is 2.18. The van der Waals surface area contributed by atoms with Gasteiger partial charge >= 0.3 is 12.0 Å². The maximum atomic E-state index is 11.8. The van der Waals surface area contributed by atoms with E-state index in [1.165, 1.54) is 0 Å². The standard InChI is InChI=1S/C13H24N2O4/c1-3-6-19-7-4-5-14-13(18)15-8-10(2)11(9-15)12(16)17/h10-11H,3-9H2,1-2H3,(H,14,18)(H,16,17). The summed E-state index contributed by atoms with van der Waals surface area (Å²) in [5.41, 5.74) is 0. The van der Waals surface area contributed by atoms with Gasteiger partial charge in [-0.3, -0.25) is 4.79 Å². The molecule has 6 heteroatoms. The zero-order chi connectivity index (χ0) is 14.3. The van der Waals surface area contributed by atoms with Gasteiger partial charge in [0.05, 0.1) is 5.92 Å². The minimum Gasteiger partial charge on any atom is -0.481 e. The van der Waals surface area contributed by atoms with Gasteiger partial charge in [0.25, 0.3) is 0 Å². The lowest BCUT2D eigenvalue weighted by atomic mass is 9.99. The van der Waals surface area contributed by atoms with Crippen LogP contribution in [0.3, 0.4) is 0 Å². The number of rotatable bonds is 7. The van der Waals surface area contributed by atoms with Crippen LogP contribution < -0.4 is 5.32 Å². The van der Waals surface area contributed by atoms with Crippen molar-refractivity contribution in [2.24, 2.45) is 11.8 Å². The van der Waals surface area contributed by atoms with E-state index in [4.69, 9.17) is 9.84 Å². The van der Waals surface area contributed by atoms with Gasteiger partial charge in [-0.25, -0.2) is 4.79 Å². The summed E-state index contributed by atoms with van der Waals surface area (Å²) in [6.07, 6.45) is 1.77. The quantitative estimate of drug-likeness (QED) is 0.682. The molecule has 0 saturated carbocycles. The lowest BCUT2D eigenvalue weighted by Crippen LogP contribution is -2.39. The van der Waals surface area contributed by atoms with Gasteiger partial charge in [0.2, 0.25) is 0 Å². The predicted molar refractivity (Wildman–Crippen MR) is 71.0 cm³/mol.